The van der Waals surface area contributed by atoms with Gasteiger partial charge in [0.2, 0.25) is 11.8 Å². The maximum Gasteiger partial charge on any atom is 0.240 e. The van der Waals surface area contributed by atoms with Gasteiger partial charge in [-0.15, -0.1) is 11.8 Å². The molecular formula is C8H13NO2S2. The van der Waals surface area contributed by atoms with E-state index in [1.54, 1.807) is 23.5 Å². The Morgan fingerprint density at radius 3 is 2.77 bits per heavy atom. The SMILES string of the molecule is CSCC(C)SC1CC(=O)NC1=O. The predicted molar refractivity (Wildman–Crippen MR) is 57.0 cm³/mol. The second-order valence-corrected chi connectivity index (χ2v) is 5.56. The van der Waals surface area contributed by atoms with Crippen LogP contribution in [0.4, 0.5) is 0 Å². The number of hydrogen-bond donors (Lipinski definition) is 1. The molecule has 0 spiro atoms. The summed E-state index contributed by atoms with van der Waals surface area (Å²) in [6.45, 7) is 2.08. The predicted octanol–water partition coefficient (Wildman–Crippen LogP) is 0.886. The van der Waals surface area contributed by atoms with Crippen molar-refractivity contribution in [2.45, 2.75) is 23.8 Å². The highest BCUT2D eigenvalue weighted by molar-refractivity contribution is 8.03. The Morgan fingerprint density at radius 1 is 1.62 bits per heavy atom. The molecule has 5 heteroatoms. The van der Waals surface area contributed by atoms with Crippen LogP contribution < -0.4 is 5.32 Å². The number of imide groups is 1. The number of carbonyl (C=O) groups excluding carboxylic acids is 2. The van der Waals surface area contributed by atoms with Gasteiger partial charge in [-0.05, 0) is 6.26 Å². The average Bonchev–Trinajstić information content (AvgIpc) is 2.30. The maximum absolute atomic E-state index is 11.2. The zero-order chi connectivity index (χ0) is 9.84. The fraction of sp³-hybridized carbons (Fsp3) is 0.750. The minimum Gasteiger partial charge on any atom is -0.295 e. The molecule has 3 nitrogen and oxygen atoms in total. The van der Waals surface area contributed by atoms with E-state index in [0.717, 1.165) is 5.75 Å². The van der Waals surface area contributed by atoms with Crippen molar-refractivity contribution in [3.63, 3.8) is 0 Å². The second-order valence-electron chi connectivity index (χ2n) is 3.01. The molecule has 13 heavy (non-hydrogen) atoms. The van der Waals surface area contributed by atoms with E-state index in [9.17, 15) is 9.59 Å². The van der Waals surface area contributed by atoms with E-state index in [0.29, 0.717) is 11.7 Å². The van der Waals surface area contributed by atoms with Crippen molar-refractivity contribution in [1.29, 1.82) is 0 Å². The zero-order valence-corrected chi connectivity index (χ0v) is 9.33. The highest BCUT2D eigenvalue weighted by Gasteiger charge is 2.31. The van der Waals surface area contributed by atoms with Crippen molar-refractivity contribution in [2.24, 2.45) is 0 Å². The van der Waals surface area contributed by atoms with Gasteiger partial charge < -0.3 is 0 Å². The molecule has 1 heterocycles. The molecular weight excluding hydrogens is 206 g/mol. The zero-order valence-electron chi connectivity index (χ0n) is 7.70. The Labute approximate surface area is 86.4 Å². The van der Waals surface area contributed by atoms with E-state index >= 15 is 0 Å². The summed E-state index contributed by atoms with van der Waals surface area (Å²) in [5.74, 6) is 0.754. The van der Waals surface area contributed by atoms with Gasteiger partial charge in [-0.25, -0.2) is 0 Å². The van der Waals surface area contributed by atoms with E-state index in [2.05, 4.69) is 12.2 Å². The molecule has 0 bridgehead atoms. The van der Waals surface area contributed by atoms with Crippen molar-refractivity contribution in [1.82, 2.24) is 5.32 Å². The van der Waals surface area contributed by atoms with E-state index < -0.39 is 0 Å². The third-order valence-electron chi connectivity index (χ3n) is 1.72. The minimum atomic E-state index is -0.158. The molecule has 1 rings (SSSR count). The van der Waals surface area contributed by atoms with Crippen molar-refractivity contribution in [2.75, 3.05) is 12.0 Å². The first-order chi connectivity index (χ1) is 6.13. The molecule has 74 valence electrons. The van der Waals surface area contributed by atoms with Crippen molar-refractivity contribution in [3.8, 4) is 0 Å². The number of carbonyl (C=O) groups is 2. The lowest BCUT2D eigenvalue weighted by molar-refractivity contribution is -0.124. The quantitative estimate of drug-likeness (QED) is 0.713. The van der Waals surface area contributed by atoms with Gasteiger partial charge >= 0.3 is 0 Å². The van der Waals surface area contributed by atoms with Crippen LogP contribution >= 0.6 is 23.5 Å². The monoisotopic (exact) mass is 219 g/mol. The lowest BCUT2D eigenvalue weighted by Gasteiger charge is -2.12. The number of nitrogens with one attached hydrogen (secondary N) is 1. The van der Waals surface area contributed by atoms with Crippen LogP contribution in [0.1, 0.15) is 13.3 Å². The molecule has 0 aromatic heterocycles. The minimum absolute atomic E-state index is 0.122. The lowest BCUT2D eigenvalue weighted by Crippen LogP contribution is -2.24. The van der Waals surface area contributed by atoms with Gasteiger partial charge in [-0.3, -0.25) is 14.9 Å². The van der Waals surface area contributed by atoms with Crippen LogP contribution in [0.25, 0.3) is 0 Å². The van der Waals surface area contributed by atoms with Gasteiger partial charge in [0.15, 0.2) is 0 Å². The van der Waals surface area contributed by atoms with E-state index in [1.165, 1.54) is 0 Å². The summed E-state index contributed by atoms with van der Waals surface area (Å²) in [5, 5.41) is 2.58. The van der Waals surface area contributed by atoms with Gasteiger partial charge in [0.25, 0.3) is 0 Å². The molecule has 0 aromatic rings. The molecule has 2 unspecified atom stereocenters. The summed E-state index contributed by atoms with van der Waals surface area (Å²) in [4.78, 5) is 22.0. The highest BCUT2D eigenvalue weighted by Crippen LogP contribution is 2.25. The third-order valence-corrected chi connectivity index (χ3v) is 4.11. The molecule has 1 saturated heterocycles. The fourth-order valence-electron chi connectivity index (χ4n) is 1.19. The maximum atomic E-state index is 11.2. The average molecular weight is 219 g/mol. The van der Waals surface area contributed by atoms with Gasteiger partial charge in [0.1, 0.15) is 0 Å². The Kier molecular flexibility index (Phi) is 4.12. The van der Waals surface area contributed by atoms with Crippen LogP contribution in [0.15, 0.2) is 0 Å². The highest BCUT2D eigenvalue weighted by atomic mass is 32.2. The number of amides is 2. The Morgan fingerprint density at radius 2 is 2.31 bits per heavy atom. The molecule has 1 N–H and O–H groups in total. The standard InChI is InChI=1S/C8H13NO2S2/c1-5(4-12-2)13-6-3-7(10)9-8(6)11/h5-6H,3-4H2,1-2H3,(H,9,10,11). The molecule has 2 atom stereocenters. The fourth-order valence-corrected chi connectivity index (χ4v) is 3.38. The number of rotatable bonds is 4. The van der Waals surface area contributed by atoms with Crippen LogP contribution in [0.2, 0.25) is 0 Å². The lowest BCUT2D eigenvalue weighted by atomic mass is 10.3. The van der Waals surface area contributed by atoms with E-state index in [-0.39, 0.29) is 17.1 Å². The van der Waals surface area contributed by atoms with Crippen LogP contribution in [0.3, 0.4) is 0 Å². The van der Waals surface area contributed by atoms with Crippen molar-refractivity contribution < 1.29 is 9.59 Å². The number of thioether (sulfide) groups is 2. The molecule has 0 aliphatic carbocycles. The van der Waals surface area contributed by atoms with E-state index in [4.69, 9.17) is 0 Å². The summed E-state index contributed by atoms with van der Waals surface area (Å²) in [7, 11) is 0. The van der Waals surface area contributed by atoms with Gasteiger partial charge in [0.05, 0.1) is 5.25 Å². The van der Waals surface area contributed by atoms with Gasteiger partial charge in [0, 0.05) is 17.4 Å². The van der Waals surface area contributed by atoms with Crippen LogP contribution in [-0.4, -0.2) is 34.3 Å². The van der Waals surface area contributed by atoms with E-state index in [1.807, 2.05) is 6.26 Å². The smallest absolute Gasteiger partial charge is 0.240 e. The van der Waals surface area contributed by atoms with Gasteiger partial charge in [-0.1, -0.05) is 6.92 Å². The third kappa shape index (κ3) is 3.23. The van der Waals surface area contributed by atoms with Crippen molar-refractivity contribution in [3.05, 3.63) is 0 Å². The normalized spacial score (nSPS) is 24.6. The molecule has 2 amide bonds. The van der Waals surface area contributed by atoms with Gasteiger partial charge in [-0.2, -0.15) is 11.8 Å². The molecule has 0 saturated carbocycles. The summed E-state index contributed by atoms with van der Waals surface area (Å²) >= 11 is 3.35. The summed E-state index contributed by atoms with van der Waals surface area (Å²) in [6.07, 6.45) is 2.39. The summed E-state index contributed by atoms with van der Waals surface area (Å²) in [6, 6.07) is 0. The molecule has 1 aliphatic rings. The Hall–Kier alpha value is -0.160. The Bertz CT molecular complexity index is 220. The number of hydrogen-bond acceptors (Lipinski definition) is 4. The molecule has 1 aliphatic heterocycles. The molecule has 0 aromatic carbocycles. The summed E-state index contributed by atoms with van der Waals surface area (Å²) < 4.78 is 0. The van der Waals surface area contributed by atoms with Crippen molar-refractivity contribution >= 4 is 35.3 Å². The Balaban J connectivity index is 2.36. The first-order valence-electron chi connectivity index (χ1n) is 4.11. The molecule has 1 fully saturated rings. The molecule has 0 radical (unpaired) electrons. The summed E-state index contributed by atoms with van der Waals surface area (Å²) in [5.41, 5.74) is 0. The topological polar surface area (TPSA) is 46.2 Å². The first kappa shape index (κ1) is 10.9. The second kappa shape index (κ2) is 4.91. The largest absolute Gasteiger partial charge is 0.295 e. The van der Waals surface area contributed by atoms with Crippen LogP contribution in [-0.2, 0) is 9.59 Å². The van der Waals surface area contributed by atoms with Crippen LogP contribution in [0, 0.1) is 0 Å². The first-order valence-corrected chi connectivity index (χ1v) is 6.45. The van der Waals surface area contributed by atoms with Crippen LogP contribution in [0.5, 0.6) is 0 Å².